The molecule has 0 saturated heterocycles. The van der Waals surface area contributed by atoms with Crippen molar-refractivity contribution in [1.82, 2.24) is 5.16 Å². The first-order chi connectivity index (χ1) is 14.1. The monoisotopic (exact) mass is 427 g/mol. The van der Waals surface area contributed by atoms with Crippen LogP contribution in [0.4, 0.5) is 11.4 Å². The van der Waals surface area contributed by atoms with Crippen molar-refractivity contribution in [3.8, 4) is 0 Å². The van der Waals surface area contributed by atoms with E-state index in [0.717, 1.165) is 21.0 Å². The average molecular weight is 428 g/mol. The second kappa shape index (κ2) is 8.31. The Balaban J connectivity index is 1.99. The number of carbonyl (C=O) groups excluding carboxylic acids is 1. The van der Waals surface area contributed by atoms with E-state index >= 15 is 0 Å². The predicted octanol–water partition coefficient (Wildman–Crippen LogP) is 4.05. The molecule has 0 atom stereocenters. The third-order valence-electron chi connectivity index (χ3n) is 5.00. The molecule has 0 aliphatic carbocycles. The lowest BCUT2D eigenvalue weighted by atomic mass is 10.1. The summed E-state index contributed by atoms with van der Waals surface area (Å²) >= 11 is 0. The Hall–Kier alpha value is -3.13. The van der Waals surface area contributed by atoms with E-state index in [2.05, 4.69) is 10.5 Å². The van der Waals surface area contributed by atoms with Gasteiger partial charge in [0, 0.05) is 5.69 Å². The van der Waals surface area contributed by atoms with Crippen LogP contribution in [-0.2, 0) is 14.8 Å². The minimum atomic E-state index is -4.07. The van der Waals surface area contributed by atoms with Crippen molar-refractivity contribution in [3.63, 3.8) is 0 Å². The average Bonchev–Trinajstić information content (AvgIpc) is 3.03. The van der Waals surface area contributed by atoms with Gasteiger partial charge in [0.15, 0.2) is 10.7 Å². The van der Waals surface area contributed by atoms with E-state index in [-0.39, 0.29) is 22.9 Å². The van der Waals surface area contributed by atoms with E-state index in [0.29, 0.717) is 11.4 Å². The third kappa shape index (κ3) is 4.23. The summed E-state index contributed by atoms with van der Waals surface area (Å²) in [6.07, 6.45) is 0. The highest BCUT2D eigenvalue weighted by atomic mass is 32.2. The van der Waals surface area contributed by atoms with Gasteiger partial charge in [-0.2, -0.15) is 0 Å². The molecule has 7 nitrogen and oxygen atoms in total. The fraction of sp³-hybridized carbons (Fsp3) is 0.273. The summed E-state index contributed by atoms with van der Waals surface area (Å²) in [6, 6.07) is 12.5. The minimum Gasteiger partial charge on any atom is -0.360 e. The molecule has 0 aliphatic rings. The van der Waals surface area contributed by atoms with E-state index in [4.69, 9.17) is 4.52 Å². The first kappa shape index (κ1) is 21.6. The van der Waals surface area contributed by atoms with Gasteiger partial charge in [0.1, 0.15) is 12.2 Å². The van der Waals surface area contributed by atoms with Gasteiger partial charge < -0.3 is 9.84 Å². The maximum absolute atomic E-state index is 13.5. The number of anilines is 2. The van der Waals surface area contributed by atoms with Gasteiger partial charge in [0.25, 0.3) is 10.0 Å². The molecule has 158 valence electrons. The van der Waals surface area contributed by atoms with Crippen LogP contribution in [0.3, 0.4) is 0 Å². The summed E-state index contributed by atoms with van der Waals surface area (Å²) in [5, 5.41) is 6.58. The quantitative estimate of drug-likeness (QED) is 0.641. The summed E-state index contributed by atoms with van der Waals surface area (Å²) < 4.78 is 33.1. The number of carbonyl (C=O) groups is 1. The molecule has 3 rings (SSSR count). The highest BCUT2D eigenvalue weighted by molar-refractivity contribution is 7.93. The van der Waals surface area contributed by atoms with Gasteiger partial charge in [-0.1, -0.05) is 35.0 Å². The Morgan fingerprint density at radius 2 is 1.70 bits per heavy atom. The zero-order valence-electron chi connectivity index (χ0n) is 17.7. The molecule has 0 spiro atoms. The van der Waals surface area contributed by atoms with Crippen molar-refractivity contribution in [2.75, 3.05) is 16.2 Å². The molecule has 0 fully saturated rings. The van der Waals surface area contributed by atoms with Crippen LogP contribution in [0.1, 0.15) is 28.1 Å². The number of aromatic nitrogens is 1. The SMILES string of the molecule is Cc1ccc(N(CC(=O)Nc2cccc(C)c2C)S(=O)(=O)c2c(C)noc2C)cc1. The summed E-state index contributed by atoms with van der Waals surface area (Å²) in [5.74, 6) is -0.265. The zero-order valence-corrected chi connectivity index (χ0v) is 18.5. The van der Waals surface area contributed by atoms with Gasteiger partial charge in [0.2, 0.25) is 5.91 Å². The molecule has 3 aromatic rings. The van der Waals surface area contributed by atoms with E-state index < -0.39 is 15.9 Å². The first-order valence-corrected chi connectivity index (χ1v) is 10.9. The van der Waals surface area contributed by atoms with E-state index in [1.807, 2.05) is 32.9 Å². The summed E-state index contributed by atoms with van der Waals surface area (Å²) in [5.41, 5.74) is 4.23. The normalized spacial score (nSPS) is 11.4. The highest BCUT2D eigenvalue weighted by Gasteiger charge is 2.32. The molecule has 1 heterocycles. The van der Waals surface area contributed by atoms with Gasteiger partial charge in [-0.25, -0.2) is 8.42 Å². The Bertz CT molecular complexity index is 1160. The fourth-order valence-electron chi connectivity index (χ4n) is 3.19. The van der Waals surface area contributed by atoms with Crippen LogP contribution in [0.2, 0.25) is 0 Å². The maximum atomic E-state index is 13.5. The second-order valence-electron chi connectivity index (χ2n) is 7.30. The number of hydrogen-bond donors (Lipinski definition) is 1. The highest BCUT2D eigenvalue weighted by Crippen LogP contribution is 2.28. The molecule has 0 unspecified atom stereocenters. The standard InChI is InChI=1S/C22H25N3O4S/c1-14-9-11-19(12-10-14)25(30(27,28)22-17(4)24-29-18(22)5)13-21(26)23-20-8-6-7-15(2)16(20)3/h6-12H,13H2,1-5H3,(H,23,26). The van der Waals surface area contributed by atoms with Crippen molar-refractivity contribution < 1.29 is 17.7 Å². The molecule has 0 saturated carbocycles. The van der Waals surface area contributed by atoms with Gasteiger partial charge in [-0.3, -0.25) is 9.10 Å². The molecule has 0 aliphatic heterocycles. The Morgan fingerprint density at radius 3 is 2.30 bits per heavy atom. The lowest BCUT2D eigenvalue weighted by Gasteiger charge is -2.24. The Kier molecular flexibility index (Phi) is 5.98. The molecular formula is C22H25N3O4S. The fourth-order valence-corrected chi connectivity index (χ4v) is 4.90. The molecule has 0 bridgehead atoms. The van der Waals surface area contributed by atoms with Crippen LogP contribution in [-0.4, -0.2) is 26.0 Å². The number of benzene rings is 2. The Morgan fingerprint density at radius 1 is 1.03 bits per heavy atom. The van der Waals surface area contributed by atoms with E-state index in [1.54, 1.807) is 37.3 Å². The maximum Gasteiger partial charge on any atom is 0.270 e. The summed E-state index contributed by atoms with van der Waals surface area (Å²) in [4.78, 5) is 12.8. The lowest BCUT2D eigenvalue weighted by molar-refractivity contribution is -0.114. The number of rotatable bonds is 6. The molecule has 2 aromatic carbocycles. The van der Waals surface area contributed by atoms with Crippen molar-refractivity contribution >= 4 is 27.3 Å². The molecule has 0 radical (unpaired) electrons. The van der Waals surface area contributed by atoms with Gasteiger partial charge >= 0.3 is 0 Å². The van der Waals surface area contributed by atoms with Crippen molar-refractivity contribution in [1.29, 1.82) is 0 Å². The van der Waals surface area contributed by atoms with E-state index in [1.165, 1.54) is 6.92 Å². The molecule has 1 aromatic heterocycles. The lowest BCUT2D eigenvalue weighted by Crippen LogP contribution is -2.38. The minimum absolute atomic E-state index is 0.0254. The van der Waals surface area contributed by atoms with Gasteiger partial charge in [-0.05, 0) is 63.9 Å². The smallest absolute Gasteiger partial charge is 0.270 e. The van der Waals surface area contributed by atoms with Crippen molar-refractivity contribution in [3.05, 3.63) is 70.6 Å². The number of sulfonamides is 1. The second-order valence-corrected chi connectivity index (χ2v) is 9.10. The summed E-state index contributed by atoms with van der Waals surface area (Å²) in [7, 11) is -4.07. The number of hydrogen-bond acceptors (Lipinski definition) is 5. The predicted molar refractivity (Wildman–Crippen MR) is 116 cm³/mol. The van der Waals surface area contributed by atoms with Gasteiger partial charge in [0.05, 0.1) is 5.69 Å². The topological polar surface area (TPSA) is 92.5 Å². The van der Waals surface area contributed by atoms with Crippen LogP contribution in [0, 0.1) is 34.6 Å². The first-order valence-electron chi connectivity index (χ1n) is 9.49. The van der Waals surface area contributed by atoms with Crippen molar-refractivity contribution in [2.45, 2.75) is 39.5 Å². The Labute approximate surface area is 176 Å². The molecular weight excluding hydrogens is 402 g/mol. The zero-order chi connectivity index (χ0) is 22.1. The van der Waals surface area contributed by atoms with Gasteiger partial charge in [-0.15, -0.1) is 0 Å². The van der Waals surface area contributed by atoms with Crippen LogP contribution < -0.4 is 9.62 Å². The summed E-state index contributed by atoms with van der Waals surface area (Å²) in [6.45, 7) is 8.48. The van der Waals surface area contributed by atoms with Crippen LogP contribution in [0.25, 0.3) is 0 Å². The molecule has 1 amide bonds. The van der Waals surface area contributed by atoms with Crippen LogP contribution in [0.15, 0.2) is 51.9 Å². The van der Waals surface area contributed by atoms with Crippen molar-refractivity contribution in [2.24, 2.45) is 0 Å². The number of nitrogens with zero attached hydrogens (tertiary/aromatic N) is 2. The molecule has 30 heavy (non-hydrogen) atoms. The number of nitrogens with one attached hydrogen (secondary N) is 1. The molecule has 1 N–H and O–H groups in total. The van der Waals surface area contributed by atoms with Crippen LogP contribution >= 0.6 is 0 Å². The van der Waals surface area contributed by atoms with E-state index in [9.17, 15) is 13.2 Å². The number of aryl methyl sites for hydroxylation is 4. The number of amides is 1. The largest absolute Gasteiger partial charge is 0.360 e. The molecule has 8 heteroatoms. The van der Waals surface area contributed by atoms with Crippen LogP contribution in [0.5, 0.6) is 0 Å². The third-order valence-corrected chi connectivity index (χ3v) is 7.02.